The van der Waals surface area contributed by atoms with E-state index in [1.807, 2.05) is 19.1 Å². The fourth-order valence-electron chi connectivity index (χ4n) is 0.616. The number of rotatable bonds is 5. The number of nitrogens with two attached hydrogens (primary N) is 1. The molecular weight excluding hydrogens is 185 g/mol. The summed E-state index contributed by atoms with van der Waals surface area (Å²) in [6.45, 7) is 6.41. The maximum absolute atomic E-state index is 10.4. The molecule has 0 amide bonds. The van der Waals surface area contributed by atoms with Gasteiger partial charge in [0.25, 0.3) is 0 Å². The molecule has 4 heteroatoms. The summed E-state index contributed by atoms with van der Waals surface area (Å²) >= 11 is 0. The van der Waals surface area contributed by atoms with Crippen molar-refractivity contribution in [1.82, 2.24) is 0 Å². The van der Waals surface area contributed by atoms with Gasteiger partial charge < -0.3 is 0 Å². The highest BCUT2D eigenvalue weighted by atomic mass is 31.1. The van der Waals surface area contributed by atoms with Gasteiger partial charge in [-0.1, -0.05) is 30.2 Å². The monoisotopic (exact) mass is 202 g/mol. The topological polar surface area (TPSA) is 52.3 Å². The van der Waals surface area contributed by atoms with Gasteiger partial charge in [0.2, 0.25) is 0 Å². The molecule has 0 fully saturated rings. The Morgan fingerprint density at radius 2 is 1.92 bits per heavy atom. The molecule has 0 heterocycles. The number of hydrogen-bond donors (Lipinski definition) is 1. The summed E-state index contributed by atoms with van der Waals surface area (Å²) in [6, 6.07) is 0. The second kappa shape index (κ2) is 6.96. The van der Waals surface area contributed by atoms with Crippen molar-refractivity contribution in [2.24, 2.45) is 5.50 Å². The lowest BCUT2D eigenvalue weighted by molar-refractivity contribution is 0.362. The molecule has 0 aromatic heterocycles. The van der Waals surface area contributed by atoms with E-state index < -0.39 is 8.18 Å². The molecule has 1 atom stereocenters. The van der Waals surface area contributed by atoms with Crippen LogP contribution in [0.15, 0.2) is 23.3 Å². The molecule has 0 radical (unpaired) electrons. The van der Waals surface area contributed by atoms with Crippen molar-refractivity contribution >= 4 is 8.18 Å². The predicted molar refractivity (Wildman–Crippen MR) is 55.6 cm³/mol. The first-order valence-electron chi connectivity index (χ1n) is 4.24. The molecule has 0 rings (SSSR count). The fourth-order valence-corrected chi connectivity index (χ4v) is 0.947. The predicted octanol–water partition coefficient (Wildman–Crippen LogP) is 2.92. The molecule has 2 N–H and O–H groups in total. The lowest BCUT2D eigenvalue weighted by Crippen LogP contribution is -1.91. The molecule has 74 valence electrons. The molecule has 0 aliphatic rings. The maximum Gasteiger partial charge on any atom is 0.610 e. The van der Waals surface area contributed by atoms with Gasteiger partial charge in [0.1, 0.15) is 6.61 Å². The van der Waals surface area contributed by atoms with Crippen LogP contribution in [-0.4, -0.2) is 6.61 Å². The summed E-state index contributed by atoms with van der Waals surface area (Å²) in [5.41, 5.74) is 7.28. The molecule has 0 aliphatic carbocycles. The van der Waals surface area contributed by atoms with E-state index in [0.717, 1.165) is 12.0 Å². The Hall–Kier alpha value is -0.500. The SMILES string of the molecule is CCC(C)=CC=C(C)CO[P+](N)=O. The highest BCUT2D eigenvalue weighted by molar-refractivity contribution is 7.36. The van der Waals surface area contributed by atoms with Crippen LogP contribution < -0.4 is 5.50 Å². The molecular formula is C9H17NO2P+. The van der Waals surface area contributed by atoms with Crippen LogP contribution in [-0.2, 0) is 9.09 Å². The average Bonchev–Trinajstić information content (AvgIpc) is 2.10. The van der Waals surface area contributed by atoms with E-state index in [1.54, 1.807) is 0 Å². The first-order chi connectivity index (χ1) is 6.06. The summed E-state index contributed by atoms with van der Waals surface area (Å²) in [7, 11) is -1.97. The smallest absolute Gasteiger partial charge is 0.126 e. The van der Waals surface area contributed by atoms with Crippen LogP contribution in [0.25, 0.3) is 0 Å². The molecule has 0 bridgehead atoms. The summed E-state index contributed by atoms with van der Waals surface area (Å²) < 4.78 is 15.2. The molecule has 0 saturated heterocycles. The highest BCUT2D eigenvalue weighted by Crippen LogP contribution is 2.11. The molecule has 0 aromatic carbocycles. The molecule has 1 unspecified atom stereocenters. The Morgan fingerprint density at radius 3 is 2.38 bits per heavy atom. The van der Waals surface area contributed by atoms with Crippen LogP contribution in [0.5, 0.6) is 0 Å². The van der Waals surface area contributed by atoms with Crippen molar-refractivity contribution < 1.29 is 9.09 Å². The van der Waals surface area contributed by atoms with Crippen LogP contribution in [0.4, 0.5) is 0 Å². The normalized spacial score (nSPS) is 14.6. The maximum atomic E-state index is 10.4. The van der Waals surface area contributed by atoms with E-state index in [2.05, 4.69) is 13.8 Å². The minimum atomic E-state index is -1.97. The van der Waals surface area contributed by atoms with E-state index in [1.165, 1.54) is 5.57 Å². The van der Waals surface area contributed by atoms with Crippen molar-refractivity contribution in [2.45, 2.75) is 27.2 Å². The first kappa shape index (κ1) is 12.5. The second-order valence-electron chi connectivity index (χ2n) is 2.94. The molecule has 0 saturated carbocycles. The van der Waals surface area contributed by atoms with E-state index >= 15 is 0 Å². The van der Waals surface area contributed by atoms with Gasteiger partial charge in [0, 0.05) is 0 Å². The van der Waals surface area contributed by atoms with Crippen LogP contribution in [0.1, 0.15) is 27.2 Å². The van der Waals surface area contributed by atoms with E-state index in [0.29, 0.717) is 6.61 Å². The number of hydrogen-bond acceptors (Lipinski definition) is 2. The van der Waals surface area contributed by atoms with Crippen LogP contribution >= 0.6 is 8.18 Å². The Morgan fingerprint density at radius 1 is 1.38 bits per heavy atom. The Kier molecular flexibility index (Phi) is 6.69. The zero-order valence-corrected chi connectivity index (χ0v) is 9.30. The lowest BCUT2D eigenvalue weighted by Gasteiger charge is -1.93. The molecule has 13 heavy (non-hydrogen) atoms. The quantitative estimate of drug-likeness (QED) is 0.550. The van der Waals surface area contributed by atoms with Crippen molar-refractivity contribution in [3.8, 4) is 0 Å². The largest absolute Gasteiger partial charge is 0.610 e. The van der Waals surface area contributed by atoms with Crippen LogP contribution in [0, 0.1) is 0 Å². The first-order valence-corrected chi connectivity index (χ1v) is 5.48. The van der Waals surface area contributed by atoms with Gasteiger partial charge >= 0.3 is 8.18 Å². The van der Waals surface area contributed by atoms with Crippen molar-refractivity contribution in [3.05, 3.63) is 23.3 Å². The minimum Gasteiger partial charge on any atom is -0.126 e. The van der Waals surface area contributed by atoms with Gasteiger partial charge in [-0.05, 0) is 30.4 Å². The second-order valence-corrected chi connectivity index (χ2v) is 3.77. The van der Waals surface area contributed by atoms with Crippen molar-refractivity contribution in [3.63, 3.8) is 0 Å². The van der Waals surface area contributed by atoms with Crippen LogP contribution in [0.3, 0.4) is 0 Å². The van der Waals surface area contributed by atoms with Gasteiger partial charge in [0.05, 0.1) is 0 Å². The van der Waals surface area contributed by atoms with E-state index in [4.69, 9.17) is 10.0 Å². The lowest BCUT2D eigenvalue weighted by atomic mass is 10.2. The van der Waals surface area contributed by atoms with Gasteiger partial charge in [-0.25, -0.2) is 0 Å². The van der Waals surface area contributed by atoms with Crippen molar-refractivity contribution in [1.29, 1.82) is 0 Å². The number of allylic oxidation sites excluding steroid dienone is 3. The van der Waals surface area contributed by atoms with Gasteiger partial charge in [0.15, 0.2) is 0 Å². The standard InChI is InChI=1S/C9H17NO2P/c1-4-8(2)5-6-9(3)7-12-13(10)11/h5-6H,4,7H2,1-3H3,(H2,10,11)/q+1. The Bertz CT molecular complexity index is 234. The minimum absolute atomic E-state index is 0.333. The van der Waals surface area contributed by atoms with Crippen LogP contribution in [0.2, 0.25) is 0 Å². The fraction of sp³-hybridized carbons (Fsp3) is 0.556. The van der Waals surface area contributed by atoms with Gasteiger partial charge in [-0.15, -0.1) is 4.52 Å². The molecule has 0 aliphatic heterocycles. The van der Waals surface area contributed by atoms with Gasteiger partial charge in [-0.3, -0.25) is 0 Å². The van der Waals surface area contributed by atoms with E-state index in [9.17, 15) is 4.57 Å². The van der Waals surface area contributed by atoms with Gasteiger partial charge in [-0.2, -0.15) is 0 Å². The zero-order chi connectivity index (χ0) is 10.3. The Labute approximate surface area is 80.6 Å². The molecule has 0 aromatic rings. The third kappa shape index (κ3) is 7.85. The summed E-state index contributed by atoms with van der Waals surface area (Å²) in [5.74, 6) is 0. The zero-order valence-electron chi connectivity index (χ0n) is 8.41. The summed E-state index contributed by atoms with van der Waals surface area (Å²) in [6.07, 6.45) is 5.02. The molecule has 3 nitrogen and oxygen atoms in total. The van der Waals surface area contributed by atoms with E-state index in [-0.39, 0.29) is 0 Å². The molecule has 0 spiro atoms. The highest BCUT2D eigenvalue weighted by Gasteiger charge is 2.07. The average molecular weight is 202 g/mol. The third-order valence-corrected chi connectivity index (χ3v) is 2.01. The van der Waals surface area contributed by atoms with Crippen molar-refractivity contribution in [2.75, 3.05) is 6.61 Å². The Balaban J connectivity index is 3.95. The summed E-state index contributed by atoms with van der Waals surface area (Å²) in [5, 5.41) is 0. The third-order valence-electron chi connectivity index (χ3n) is 1.63. The summed E-state index contributed by atoms with van der Waals surface area (Å²) in [4.78, 5) is 0.